The summed E-state index contributed by atoms with van der Waals surface area (Å²) in [4.78, 5) is 27.1. The molecule has 0 aliphatic carbocycles. The monoisotopic (exact) mass is 453 g/mol. The molecular weight excluding hydrogens is 427 g/mol. The Morgan fingerprint density at radius 3 is 2.47 bits per heavy atom. The van der Waals surface area contributed by atoms with Gasteiger partial charge in [0, 0.05) is 50.2 Å². The van der Waals surface area contributed by atoms with Gasteiger partial charge in [-0.05, 0) is 37.6 Å². The van der Waals surface area contributed by atoms with Crippen LogP contribution in [0.1, 0.15) is 18.5 Å². The molecule has 32 heavy (non-hydrogen) atoms. The molecule has 0 aromatic carbocycles. The van der Waals surface area contributed by atoms with E-state index in [2.05, 4.69) is 36.9 Å². The normalized spacial score (nSPS) is 22.0. The Hall–Kier alpha value is -2.79. The number of nitrogens with zero attached hydrogens (tertiary/aromatic N) is 5. The summed E-state index contributed by atoms with van der Waals surface area (Å²) in [5.41, 5.74) is 1.28. The summed E-state index contributed by atoms with van der Waals surface area (Å²) in [6.45, 7) is 6.43. The number of hydrogen-bond acceptors (Lipinski definition) is 7. The van der Waals surface area contributed by atoms with E-state index in [4.69, 9.17) is 14.6 Å². The standard InChI is InChI=1S/C19H25N5O.C2HF3O2/c1-2-7-20-17(5-1)13-23-10-3-6-19(14-23)15-24(11-12-25-16-19)18-21-8-4-9-22-18;3-2(4,5)1(6)7/h1-2,4-5,7-9H,3,6,10-16H2;(H,6,7). The van der Waals surface area contributed by atoms with E-state index in [1.165, 1.54) is 12.8 Å². The Morgan fingerprint density at radius 2 is 1.81 bits per heavy atom. The Kier molecular flexibility index (Phi) is 7.97. The molecule has 2 aliphatic rings. The Labute approximate surface area is 184 Å². The maximum atomic E-state index is 10.6. The fourth-order valence-electron chi connectivity index (χ4n) is 4.03. The van der Waals surface area contributed by atoms with Crippen LogP contribution in [-0.2, 0) is 16.1 Å². The van der Waals surface area contributed by atoms with E-state index < -0.39 is 12.1 Å². The first kappa shape index (κ1) is 23.9. The van der Waals surface area contributed by atoms with Crippen LogP contribution in [0.5, 0.6) is 0 Å². The molecule has 11 heteroatoms. The molecule has 174 valence electrons. The highest BCUT2D eigenvalue weighted by Crippen LogP contribution is 2.34. The molecule has 4 heterocycles. The van der Waals surface area contributed by atoms with Gasteiger partial charge in [0.25, 0.3) is 0 Å². The molecule has 0 amide bonds. The number of anilines is 1. The van der Waals surface area contributed by atoms with Crippen molar-refractivity contribution < 1.29 is 27.8 Å². The van der Waals surface area contributed by atoms with Crippen molar-refractivity contribution in [2.75, 3.05) is 44.3 Å². The van der Waals surface area contributed by atoms with Crippen molar-refractivity contribution in [3.8, 4) is 0 Å². The van der Waals surface area contributed by atoms with Crippen molar-refractivity contribution in [2.45, 2.75) is 25.6 Å². The summed E-state index contributed by atoms with van der Waals surface area (Å²) >= 11 is 0. The molecule has 1 unspecified atom stereocenters. The first-order valence-corrected chi connectivity index (χ1v) is 10.3. The van der Waals surface area contributed by atoms with E-state index in [1.54, 1.807) is 0 Å². The van der Waals surface area contributed by atoms with Gasteiger partial charge >= 0.3 is 12.1 Å². The van der Waals surface area contributed by atoms with Crippen molar-refractivity contribution >= 4 is 11.9 Å². The molecule has 2 aromatic heterocycles. The van der Waals surface area contributed by atoms with Gasteiger partial charge < -0.3 is 14.7 Å². The number of aliphatic carboxylic acids is 1. The van der Waals surface area contributed by atoms with Crippen LogP contribution in [0, 0.1) is 5.41 Å². The highest BCUT2D eigenvalue weighted by Gasteiger charge is 2.40. The molecule has 2 aromatic rings. The molecule has 2 fully saturated rings. The van der Waals surface area contributed by atoms with Gasteiger partial charge in [0.2, 0.25) is 5.95 Å². The number of carbonyl (C=O) groups is 1. The molecule has 0 radical (unpaired) electrons. The van der Waals surface area contributed by atoms with Crippen molar-refractivity contribution in [3.05, 3.63) is 48.5 Å². The fourth-order valence-corrected chi connectivity index (χ4v) is 4.03. The molecule has 8 nitrogen and oxygen atoms in total. The summed E-state index contributed by atoms with van der Waals surface area (Å²) in [5.74, 6) is -1.94. The molecule has 0 bridgehead atoms. The average molecular weight is 453 g/mol. The largest absolute Gasteiger partial charge is 0.490 e. The van der Waals surface area contributed by atoms with E-state index in [0.29, 0.717) is 0 Å². The summed E-state index contributed by atoms with van der Waals surface area (Å²) in [5, 5.41) is 7.12. The topological polar surface area (TPSA) is 91.7 Å². The summed E-state index contributed by atoms with van der Waals surface area (Å²) in [6.07, 6.45) is 2.80. The first-order valence-electron chi connectivity index (χ1n) is 10.3. The number of rotatable bonds is 3. The number of carboxylic acid groups (broad SMARTS) is 1. The number of halogens is 3. The predicted molar refractivity (Wildman–Crippen MR) is 110 cm³/mol. The third-order valence-corrected chi connectivity index (χ3v) is 5.37. The molecule has 2 aliphatic heterocycles. The molecule has 1 N–H and O–H groups in total. The highest BCUT2D eigenvalue weighted by molar-refractivity contribution is 5.73. The fraction of sp³-hybridized carbons (Fsp3) is 0.524. The smallest absolute Gasteiger partial charge is 0.475 e. The number of likely N-dealkylation sites (tertiary alicyclic amines) is 1. The number of aromatic nitrogens is 3. The van der Waals surface area contributed by atoms with Crippen LogP contribution in [0.2, 0.25) is 0 Å². The Bertz CT molecular complexity index is 857. The van der Waals surface area contributed by atoms with E-state index in [1.807, 2.05) is 30.7 Å². The number of ether oxygens (including phenoxy) is 1. The predicted octanol–water partition coefficient (Wildman–Crippen LogP) is 2.62. The number of piperidine rings is 1. The summed E-state index contributed by atoms with van der Waals surface area (Å²) < 4.78 is 37.7. The maximum Gasteiger partial charge on any atom is 0.490 e. The van der Waals surface area contributed by atoms with E-state index >= 15 is 0 Å². The zero-order valence-corrected chi connectivity index (χ0v) is 17.5. The molecular formula is C21H26F3N5O3. The number of carboxylic acids is 1. The summed E-state index contributed by atoms with van der Waals surface area (Å²) in [7, 11) is 0. The van der Waals surface area contributed by atoms with Crippen LogP contribution in [0.15, 0.2) is 42.9 Å². The van der Waals surface area contributed by atoms with Crippen molar-refractivity contribution in [1.29, 1.82) is 0 Å². The van der Waals surface area contributed by atoms with Gasteiger partial charge in [-0.3, -0.25) is 9.88 Å². The molecule has 1 atom stereocenters. The molecule has 1 spiro atoms. The van der Waals surface area contributed by atoms with Crippen molar-refractivity contribution in [2.24, 2.45) is 5.41 Å². The van der Waals surface area contributed by atoms with E-state index in [9.17, 15) is 13.2 Å². The van der Waals surface area contributed by atoms with Crippen LogP contribution in [0.4, 0.5) is 19.1 Å². The van der Waals surface area contributed by atoms with Gasteiger partial charge in [-0.2, -0.15) is 13.2 Å². The molecule has 4 rings (SSSR count). The lowest BCUT2D eigenvalue weighted by Gasteiger charge is -2.43. The van der Waals surface area contributed by atoms with Crippen LogP contribution in [0.25, 0.3) is 0 Å². The van der Waals surface area contributed by atoms with Gasteiger partial charge in [-0.25, -0.2) is 14.8 Å². The summed E-state index contributed by atoms with van der Waals surface area (Å²) in [6, 6.07) is 8.00. The van der Waals surface area contributed by atoms with Gasteiger partial charge in [-0.1, -0.05) is 6.07 Å². The van der Waals surface area contributed by atoms with Crippen LogP contribution < -0.4 is 4.90 Å². The molecule has 2 saturated heterocycles. The van der Waals surface area contributed by atoms with Crippen LogP contribution in [0.3, 0.4) is 0 Å². The maximum absolute atomic E-state index is 10.6. The lowest BCUT2D eigenvalue weighted by atomic mass is 9.80. The second kappa shape index (κ2) is 10.7. The van der Waals surface area contributed by atoms with Crippen LogP contribution in [-0.4, -0.2) is 76.5 Å². The minimum atomic E-state index is -5.08. The minimum Gasteiger partial charge on any atom is -0.475 e. The Balaban J connectivity index is 0.000000360. The van der Waals surface area contributed by atoms with E-state index in [0.717, 1.165) is 57.6 Å². The SMILES string of the molecule is O=C(O)C(F)(F)F.c1ccc(CN2CCCC3(COCCN(c4ncccn4)C3)C2)nc1. The lowest BCUT2D eigenvalue weighted by molar-refractivity contribution is -0.192. The second-order valence-corrected chi connectivity index (χ2v) is 7.96. The Morgan fingerprint density at radius 1 is 1.09 bits per heavy atom. The quantitative estimate of drug-likeness (QED) is 0.759. The minimum absolute atomic E-state index is 0.142. The zero-order chi connectivity index (χ0) is 23.0. The first-order chi connectivity index (χ1) is 15.3. The average Bonchev–Trinajstić information content (AvgIpc) is 2.97. The second-order valence-electron chi connectivity index (χ2n) is 7.96. The zero-order valence-electron chi connectivity index (χ0n) is 17.5. The third kappa shape index (κ3) is 6.86. The van der Waals surface area contributed by atoms with E-state index in [-0.39, 0.29) is 5.41 Å². The van der Waals surface area contributed by atoms with Crippen LogP contribution >= 0.6 is 0 Å². The van der Waals surface area contributed by atoms with Crippen molar-refractivity contribution in [1.82, 2.24) is 19.9 Å². The van der Waals surface area contributed by atoms with Gasteiger partial charge in [0.1, 0.15) is 0 Å². The number of pyridine rings is 1. The third-order valence-electron chi connectivity index (χ3n) is 5.37. The number of alkyl halides is 3. The molecule has 0 saturated carbocycles. The highest BCUT2D eigenvalue weighted by atomic mass is 19.4. The van der Waals surface area contributed by atoms with Gasteiger partial charge in [-0.15, -0.1) is 0 Å². The lowest BCUT2D eigenvalue weighted by Crippen LogP contribution is -2.50. The van der Waals surface area contributed by atoms with Crippen molar-refractivity contribution in [3.63, 3.8) is 0 Å². The van der Waals surface area contributed by atoms with Gasteiger partial charge in [0.15, 0.2) is 0 Å². The van der Waals surface area contributed by atoms with Gasteiger partial charge in [0.05, 0.1) is 18.9 Å². The number of hydrogen-bond donors (Lipinski definition) is 1.